The van der Waals surface area contributed by atoms with Gasteiger partial charge in [-0.25, -0.2) is 4.98 Å². The van der Waals surface area contributed by atoms with Gasteiger partial charge in [0.05, 0.1) is 41.7 Å². The van der Waals surface area contributed by atoms with Crippen LogP contribution in [0, 0.1) is 5.92 Å². The maximum atomic E-state index is 13.7. The van der Waals surface area contributed by atoms with Crippen molar-refractivity contribution in [1.29, 1.82) is 0 Å². The summed E-state index contributed by atoms with van der Waals surface area (Å²) in [6.45, 7) is 9.43. The lowest BCUT2D eigenvalue weighted by Gasteiger charge is -2.24. The number of hydrogen-bond acceptors (Lipinski definition) is 8. The van der Waals surface area contributed by atoms with Gasteiger partial charge in [-0.1, -0.05) is 42.9 Å². The summed E-state index contributed by atoms with van der Waals surface area (Å²) in [6.07, 6.45) is 0.872. The van der Waals surface area contributed by atoms with Crippen molar-refractivity contribution in [3.05, 3.63) is 82.4 Å². The van der Waals surface area contributed by atoms with Crippen molar-refractivity contribution in [2.24, 2.45) is 5.92 Å². The van der Waals surface area contributed by atoms with Crippen LogP contribution in [0.5, 0.6) is 17.2 Å². The Hall–Kier alpha value is -4.08. The largest absolute Gasteiger partial charge is 0.507 e. The van der Waals surface area contributed by atoms with E-state index >= 15 is 0 Å². The number of rotatable bonds is 11. The van der Waals surface area contributed by atoms with E-state index in [1.165, 1.54) is 16.2 Å². The molecule has 10 heteroatoms. The topological polar surface area (TPSA) is 98.2 Å². The van der Waals surface area contributed by atoms with Crippen molar-refractivity contribution < 1.29 is 28.9 Å². The van der Waals surface area contributed by atoms with Gasteiger partial charge < -0.3 is 19.3 Å². The quantitative estimate of drug-likeness (QED) is 0.104. The molecule has 0 aliphatic carbocycles. The van der Waals surface area contributed by atoms with E-state index in [0.29, 0.717) is 69.8 Å². The molecule has 1 unspecified atom stereocenters. The molecule has 1 aromatic heterocycles. The van der Waals surface area contributed by atoms with E-state index in [-0.39, 0.29) is 11.3 Å². The van der Waals surface area contributed by atoms with Crippen molar-refractivity contribution in [3.8, 4) is 17.2 Å². The Labute approximate surface area is 259 Å². The minimum absolute atomic E-state index is 0.0579. The fourth-order valence-electron chi connectivity index (χ4n) is 4.85. The van der Waals surface area contributed by atoms with Gasteiger partial charge in [-0.15, -0.1) is 0 Å². The summed E-state index contributed by atoms with van der Waals surface area (Å²) in [4.78, 5) is 33.4. The molecule has 1 atom stereocenters. The van der Waals surface area contributed by atoms with E-state index in [9.17, 15) is 14.7 Å². The number of halogens is 1. The highest BCUT2D eigenvalue weighted by molar-refractivity contribution is 7.22. The van der Waals surface area contributed by atoms with Gasteiger partial charge in [-0.3, -0.25) is 14.5 Å². The number of ether oxygens (including phenoxy) is 3. The van der Waals surface area contributed by atoms with Crippen molar-refractivity contribution in [2.45, 2.75) is 40.2 Å². The average Bonchev–Trinajstić information content (AvgIpc) is 3.51. The second-order valence-electron chi connectivity index (χ2n) is 10.4. The van der Waals surface area contributed by atoms with E-state index in [0.717, 1.165) is 11.1 Å². The molecule has 1 fully saturated rings. The minimum Gasteiger partial charge on any atom is -0.507 e. The van der Waals surface area contributed by atoms with Crippen LogP contribution >= 0.6 is 22.9 Å². The fraction of sp³-hybridized carbons (Fsp3) is 0.303. The summed E-state index contributed by atoms with van der Waals surface area (Å²) in [6, 6.07) is 16.3. The SMILES string of the molecule is CCOc1ccc2nc(N3C(=O)C(=O)C(=C(O)c4ccc(Cl)cc4)C3c3ccc(OCCC(C)C)c(OCC)c3)sc2c1. The van der Waals surface area contributed by atoms with Crippen molar-refractivity contribution in [3.63, 3.8) is 0 Å². The summed E-state index contributed by atoms with van der Waals surface area (Å²) < 4.78 is 18.4. The predicted molar refractivity (Wildman–Crippen MR) is 170 cm³/mol. The van der Waals surface area contributed by atoms with E-state index in [1.54, 1.807) is 42.5 Å². The molecule has 2 heterocycles. The smallest absolute Gasteiger partial charge is 0.301 e. The Bertz CT molecular complexity index is 1680. The number of amides is 1. The molecule has 5 rings (SSSR count). The molecule has 1 N–H and O–H groups in total. The van der Waals surface area contributed by atoms with Crippen molar-refractivity contribution in [2.75, 3.05) is 24.7 Å². The minimum atomic E-state index is -0.980. The summed E-state index contributed by atoms with van der Waals surface area (Å²) in [7, 11) is 0. The zero-order chi connectivity index (χ0) is 30.7. The van der Waals surface area contributed by atoms with E-state index in [1.807, 2.05) is 32.0 Å². The maximum Gasteiger partial charge on any atom is 0.301 e. The Morgan fingerprint density at radius 3 is 2.42 bits per heavy atom. The van der Waals surface area contributed by atoms with Crippen LogP contribution in [0.2, 0.25) is 5.02 Å². The van der Waals surface area contributed by atoms with Crippen LogP contribution in [0.1, 0.15) is 51.3 Å². The van der Waals surface area contributed by atoms with Gasteiger partial charge in [0.1, 0.15) is 11.5 Å². The number of carbonyl (C=O) groups is 2. The van der Waals surface area contributed by atoms with Crippen LogP contribution in [0.25, 0.3) is 16.0 Å². The highest BCUT2D eigenvalue weighted by atomic mass is 35.5. The summed E-state index contributed by atoms with van der Waals surface area (Å²) in [5, 5.41) is 12.3. The number of nitrogens with zero attached hydrogens (tertiary/aromatic N) is 2. The third-order valence-corrected chi connectivity index (χ3v) is 8.23. The van der Waals surface area contributed by atoms with E-state index < -0.39 is 17.7 Å². The summed E-state index contributed by atoms with van der Waals surface area (Å²) in [5.41, 5.74) is 1.52. The van der Waals surface area contributed by atoms with Gasteiger partial charge in [0.25, 0.3) is 5.78 Å². The Morgan fingerprint density at radius 1 is 0.977 bits per heavy atom. The normalized spacial score (nSPS) is 16.3. The third kappa shape index (κ3) is 6.33. The molecular weight excluding hydrogens is 588 g/mol. The highest BCUT2D eigenvalue weighted by Crippen LogP contribution is 2.46. The van der Waals surface area contributed by atoms with Gasteiger partial charge in [0, 0.05) is 10.6 Å². The number of benzene rings is 3. The number of carbonyl (C=O) groups excluding carboxylic acids is 2. The number of thiazole rings is 1. The standard InChI is InChI=1S/C33H33ClN2O6S/c1-5-40-23-12-13-24-27(18-23)43-33(35-24)36-29(21-9-14-25(26(17-21)41-6-2)42-16-15-19(3)4)28(31(38)32(36)39)30(37)20-7-10-22(34)11-8-20/h7-14,17-19,29,37H,5-6,15-16H2,1-4H3. The van der Waals surface area contributed by atoms with Gasteiger partial charge >= 0.3 is 5.91 Å². The van der Waals surface area contributed by atoms with Crippen LogP contribution in [-0.4, -0.2) is 41.6 Å². The molecule has 1 saturated heterocycles. The molecule has 43 heavy (non-hydrogen) atoms. The van der Waals surface area contributed by atoms with Crippen LogP contribution in [0.15, 0.2) is 66.2 Å². The van der Waals surface area contributed by atoms with Gasteiger partial charge in [-0.2, -0.15) is 0 Å². The average molecular weight is 621 g/mol. The Kier molecular flexibility index (Phi) is 9.22. The number of aromatic nitrogens is 1. The van der Waals surface area contributed by atoms with Crippen LogP contribution < -0.4 is 19.1 Å². The van der Waals surface area contributed by atoms with Crippen LogP contribution in [0.3, 0.4) is 0 Å². The molecular formula is C33H33ClN2O6S. The molecule has 0 saturated carbocycles. The maximum absolute atomic E-state index is 13.7. The van der Waals surface area contributed by atoms with Gasteiger partial charge in [0.15, 0.2) is 16.6 Å². The lowest BCUT2D eigenvalue weighted by atomic mass is 9.95. The van der Waals surface area contributed by atoms with Crippen molar-refractivity contribution in [1.82, 2.24) is 4.98 Å². The zero-order valence-corrected chi connectivity index (χ0v) is 26.0. The van der Waals surface area contributed by atoms with Gasteiger partial charge in [0.2, 0.25) is 0 Å². The van der Waals surface area contributed by atoms with E-state index in [4.69, 9.17) is 30.8 Å². The molecule has 0 spiro atoms. The zero-order valence-electron chi connectivity index (χ0n) is 24.4. The fourth-order valence-corrected chi connectivity index (χ4v) is 5.99. The lowest BCUT2D eigenvalue weighted by molar-refractivity contribution is -0.132. The predicted octanol–water partition coefficient (Wildman–Crippen LogP) is 7.80. The molecule has 4 aromatic rings. The first-order valence-corrected chi connectivity index (χ1v) is 15.4. The molecule has 0 bridgehead atoms. The summed E-state index contributed by atoms with van der Waals surface area (Å²) in [5.74, 6) is 0.275. The molecule has 224 valence electrons. The first-order valence-electron chi connectivity index (χ1n) is 14.2. The Balaban J connectivity index is 1.66. The molecule has 1 aliphatic heterocycles. The third-order valence-electron chi connectivity index (χ3n) is 6.96. The second-order valence-corrected chi connectivity index (χ2v) is 11.9. The van der Waals surface area contributed by atoms with Gasteiger partial charge in [-0.05, 0) is 86.3 Å². The number of fused-ring (bicyclic) bond motifs is 1. The number of hydrogen-bond donors (Lipinski definition) is 1. The molecule has 8 nitrogen and oxygen atoms in total. The first kappa shape index (κ1) is 30.4. The Morgan fingerprint density at radius 2 is 1.72 bits per heavy atom. The van der Waals surface area contributed by atoms with Crippen molar-refractivity contribution >= 4 is 55.7 Å². The molecule has 3 aromatic carbocycles. The van der Waals surface area contributed by atoms with E-state index in [2.05, 4.69) is 13.8 Å². The molecule has 1 amide bonds. The van der Waals surface area contributed by atoms with Crippen LogP contribution in [0.4, 0.5) is 5.13 Å². The number of anilines is 1. The number of ketones is 1. The lowest BCUT2D eigenvalue weighted by Crippen LogP contribution is -2.29. The number of Topliss-reactive ketones (excluding diaryl/α,β-unsaturated/α-hetero) is 1. The summed E-state index contributed by atoms with van der Waals surface area (Å²) >= 11 is 7.34. The van der Waals surface area contributed by atoms with Crippen LogP contribution in [-0.2, 0) is 9.59 Å². The molecule has 1 aliphatic rings. The number of aliphatic hydroxyl groups excluding tert-OH is 1. The molecule has 0 radical (unpaired) electrons. The number of aliphatic hydroxyl groups is 1. The highest BCUT2D eigenvalue weighted by Gasteiger charge is 2.48. The first-order chi connectivity index (χ1) is 20.7. The second kappa shape index (κ2) is 13.1. The monoisotopic (exact) mass is 620 g/mol.